The van der Waals surface area contributed by atoms with Crippen molar-refractivity contribution in [3.8, 4) is 0 Å². The Hall–Kier alpha value is 0.110. The van der Waals surface area contributed by atoms with Crippen LogP contribution in [0, 0.1) is 12.8 Å². The Morgan fingerprint density at radius 2 is 2.21 bits per heavy atom. The SMILES string of the molecule is Cc1csc(CCC(Br)CC(C)C)n1. The molecule has 0 fully saturated rings. The summed E-state index contributed by atoms with van der Waals surface area (Å²) in [6.45, 7) is 6.59. The van der Waals surface area contributed by atoms with Crippen LogP contribution in [0.2, 0.25) is 0 Å². The first-order valence-corrected chi connectivity index (χ1v) is 6.92. The average molecular weight is 276 g/mol. The lowest BCUT2D eigenvalue weighted by molar-refractivity contribution is 0.554. The van der Waals surface area contributed by atoms with Crippen LogP contribution < -0.4 is 0 Å². The van der Waals surface area contributed by atoms with E-state index < -0.39 is 0 Å². The van der Waals surface area contributed by atoms with Crippen LogP contribution in [0.5, 0.6) is 0 Å². The molecular formula is C11H18BrNS. The Labute approximate surface area is 99.1 Å². The number of aryl methyl sites for hydroxylation is 2. The molecule has 0 saturated heterocycles. The maximum Gasteiger partial charge on any atom is 0.0928 e. The molecule has 0 amide bonds. The second-order valence-electron chi connectivity index (χ2n) is 4.15. The zero-order chi connectivity index (χ0) is 10.6. The highest BCUT2D eigenvalue weighted by Gasteiger charge is 2.08. The van der Waals surface area contributed by atoms with E-state index in [1.807, 2.05) is 0 Å². The Kier molecular flexibility index (Phi) is 5.10. The van der Waals surface area contributed by atoms with Gasteiger partial charge in [0.2, 0.25) is 0 Å². The van der Waals surface area contributed by atoms with Crippen molar-refractivity contribution in [3.63, 3.8) is 0 Å². The first kappa shape index (κ1) is 12.2. The van der Waals surface area contributed by atoms with E-state index in [0.717, 1.165) is 18.0 Å². The van der Waals surface area contributed by atoms with Crippen molar-refractivity contribution in [1.82, 2.24) is 4.98 Å². The van der Waals surface area contributed by atoms with Crippen LogP contribution in [0.25, 0.3) is 0 Å². The Morgan fingerprint density at radius 3 is 2.71 bits per heavy atom. The second-order valence-corrected chi connectivity index (χ2v) is 6.39. The summed E-state index contributed by atoms with van der Waals surface area (Å²) in [5, 5.41) is 3.40. The van der Waals surface area contributed by atoms with E-state index in [2.05, 4.69) is 47.1 Å². The fourth-order valence-electron chi connectivity index (χ4n) is 1.43. The van der Waals surface area contributed by atoms with Crippen LogP contribution in [0.15, 0.2) is 5.38 Å². The summed E-state index contributed by atoms with van der Waals surface area (Å²) in [6, 6.07) is 0. The molecule has 0 aliphatic rings. The quantitative estimate of drug-likeness (QED) is 0.735. The van der Waals surface area contributed by atoms with Gasteiger partial charge in [-0.05, 0) is 25.7 Å². The Balaban J connectivity index is 2.26. The molecule has 1 atom stereocenters. The summed E-state index contributed by atoms with van der Waals surface area (Å²) in [6.07, 6.45) is 3.57. The van der Waals surface area contributed by atoms with Gasteiger partial charge in [0.25, 0.3) is 0 Å². The van der Waals surface area contributed by atoms with Crippen molar-refractivity contribution in [2.24, 2.45) is 5.92 Å². The van der Waals surface area contributed by atoms with Crippen LogP contribution in [0.3, 0.4) is 0 Å². The standard InChI is InChI=1S/C11H18BrNS/c1-8(2)6-10(12)4-5-11-13-9(3)7-14-11/h7-8,10H,4-6H2,1-3H3. The topological polar surface area (TPSA) is 12.9 Å². The number of alkyl halides is 1. The number of nitrogens with zero attached hydrogens (tertiary/aromatic N) is 1. The molecule has 3 heteroatoms. The van der Waals surface area contributed by atoms with Gasteiger partial charge < -0.3 is 0 Å². The first-order valence-electron chi connectivity index (χ1n) is 5.13. The molecule has 0 bridgehead atoms. The molecule has 1 unspecified atom stereocenters. The van der Waals surface area contributed by atoms with Crippen LogP contribution in [0.4, 0.5) is 0 Å². The van der Waals surface area contributed by atoms with Gasteiger partial charge in [0.05, 0.1) is 5.01 Å². The van der Waals surface area contributed by atoms with Crippen molar-refractivity contribution < 1.29 is 0 Å². The molecule has 1 aromatic heterocycles. The second kappa shape index (κ2) is 5.86. The van der Waals surface area contributed by atoms with Crippen molar-refractivity contribution in [1.29, 1.82) is 0 Å². The molecule has 0 spiro atoms. The van der Waals surface area contributed by atoms with E-state index >= 15 is 0 Å². The third-order valence-corrected chi connectivity index (χ3v) is 3.92. The van der Waals surface area contributed by atoms with E-state index in [-0.39, 0.29) is 0 Å². The van der Waals surface area contributed by atoms with Crippen LogP contribution in [-0.2, 0) is 6.42 Å². The van der Waals surface area contributed by atoms with Crippen molar-refractivity contribution in [3.05, 3.63) is 16.1 Å². The summed E-state index contributed by atoms with van der Waals surface area (Å²) in [4.78, 5) is 5.10. The van der Waals surface area contributed by atoms with E-state index in [1.165, 1.54) is 17.8 Å². The van der Waals surface area contributed by atoms with E-state index in [0.29, 0.717) is 4.83 Å². The highest BCUT2D eigenvalue weighted by Crippen LogP contribution is 2.19. The van der Waals surface area contributed by atoms with Gasteiger partial charge in [0.1, 0.15) is 0 Å². The lowest BCUT2D eigenvalue weighted by Gasteiger charge is -2.10. The maximum absolute atomic E-state index is 4.46. The van der Waals surface area contributed by atoms with E-state index in [9.17, 15) is 0 Å². The number of halogens is 1. The molecule has 0 aliphatic carbocycles. The first-order chi connectivity index (χ1) is 6.58. The van der Waals surface area contributed by atoms with Crippen LogP contribution >= 0.6 is 27.3 Å². The van der Waals surface area contributed by atoms with Gasteiger partial charge in [-0.3, -0.25) is 0 Å². The van der Waals surface area contributed by atoms with Crippen molar-refractivity contribution >= 4 is 27.3 Å². The highest BCUT2D eigenvalue weighted by atomic mass is 79.9. The van der Waals surface area contributed by atoms with Gasteiger partial charge in [-0.1, -0.05) is 29.8 Å². The molecule has 0 radical (unpaired) electrons. The minimum Gasteiger partial charge on any atom is -0.247 e. The predicted molar refractivity (Wildman–Crippen MR) is 67.3 cm³/mol. The van der Waals surface area contributed by atoms with E-state index in [1.54, 1.807) is 11.3 Å². The molecule has 0 aliphatic heterocycles. The molecule has 0 saturated carbocycles. The van der Waals surface area contributed by atoms with Crippen molar-refractivity contribution in [2.75, 3.05) is 0 Å². The number of aromatic nitrogens is 1. The van der Waals surface area contributed by atoms with Gasteiger partial charge in [0, 0.05) is 22.3 Å². The third-order valence-electron chi connectivity index (χ3n) is 2.07. The summed E-state index contributed by atoms with van der Waals surface area (Å²) in [5.74, 6) is 0.775. The van der Waals surface area contributed by atoms with Crippen LogP contribution in [0.1, 0.15) is 37.4 Å². The fraction of sp³-hybridized carbons (Fsp3) is 0.727. The molecule has 1 nitrogen and oxygen atoms in total. The summed E-state index contributed by atoms with van der Waals surface area (Å²) in [5.41, 5.74) is 1.15. The minimum atomic E-state index is 0.645. The fourth-order valence-corrected chi connectivity index (χ4v) is 3.20. The predicted octanol–water partition coefficient (Wildman–Crippen LogP) is 4.19. The number of rotatable bonds is 5. The minimum absolute atomic E-state index is 0.645. The molecular weight excluding hydrogens is 258 g/mol. The lowest BCUT2D eigenvalue weighted by atomic mass is 10.1. The largest absolute Gasteiger partial charge is 0.247 e. The normalized spacial score (nSPS) is 13.5. The van der Waals surface area contributed by atoms with Gasteiger partial charge in [0.15, 0.2) is 0 Å². The zero-order valence-corrected chi connectivity index (χ0v) is 11.5. The molecule has 80 valence electrons. The van der Waals surface area contributed by atoms with Gasteiger partial charge in [-0.25, -0.2) is 4.98 Å². The van der Waals surface area contributed by atoms with Gasteiger partial charge >= 0.3 is 0 Å². The Bertz CT molecular complexity index is 270. The lowest BCUT2D eigenvalue weighted by Crippen LogP contribution is -2.04. The summed E-state index contributed by atoms with van der Waals surface area (Å²) >= 11 is 5.50. The molecule has 14 heavy (non-hydrogen) atoms. The highest BCUT2D eigenvalue weighted by molar-refractivity contribution is 9.09. The zero-order valence-electron chi connectivity index (χ0n) is 9.09. The maximum atomic E-state index is 4.46. The number of thiazole rings is 1. The number of hydrogen-bond donors (Lipinski definition) is 0. The summed E-state index contributed by atoms with van der Waals surface area (Å²) < 4.78 is 0. The van der Waals surface area contributed by atoms with Gasteiger partial charge in [-0.2, -0.15) is 0 Å². The van der Waals surface area contributed by atoms with E-state index in [4.69, 9.17) is 0 Å². The molecule has 1 aromatic rings. The average Bonchev–Trinajstić information content (AvgIpc) is 2.47. The molecule has 0 N–H and O–H groups in total. The third kappa shape index (κ3) is 4.56. The molecule has 1 rings (SSSR count). The van der Waals surface area contributed by atoms with Crippen molar-refractivity contribution in [2.45, 2.75) is 44.9 Å². The van der Waals surface area contributed by atoms with Crippen LogP contribution in [-0.4, -0.2) is 9.81 Å². The van der Waals surface area contributed by atoms with Gasteiger partial charge in [-0.15, -0.1) is 11.3 Å². The molecule has 1 heterocycles. The Morgan fingerprint density at radius 1 is 1.50 bits per heavy atom. The summed E-state index contributed by atoms with van der Waals surface area (Å²) in [7, 11) is 0. The smallest absolute Gasteiger partial charge is 0.0928 e. The monoisotopic (exact) mass is 275 g/mol. The number of hydrogen-bond acceptors (Lipinski definition) is 2. The molecule has 0 aromatic carbocycles.